The van der Waals surface area contributed by atoms with Gasteiger partial charge in [0.1, 0.15) is 12.0 Å². The highest BCUT2D eigenvalue weighted by Crippen LogP contribution is 2.35. The molecule has 2 aliphatic rings. The second-order valence-electron chi connectivity index (χ2n) is 7.49. The third-order valence-corrected chi connectivity index (χ3v) is 5.46. The molecule has 1 fully saturated rings. The number of rotatable bonds is 6. The zero-order chi connectivity index (χ0) is 21.3. The maximum Gasteiger partial charge on any atom is 0.337 e. The van der Waals surface area contributed by atoms with Crippen LogP contribution in [0.4, 0.5) is 24.5 Å². The SMILES string of the molecule is O=C(O)c1ccncc1NC1NN(CCN2CCC(F)(F)CC2)c2ccc(F)cc21. The van der Waals surface area contributed by atoms with E-state index < -0.39 is 23.9 Å². The van der Waals surface area contributed by atoms with Gasteiger partial charge in [-0.1, -0.05) is 0 Å². The van der Waals surface area contributed by atoms with Crippen LogP contribution in [0.5, 0.6) is 0 Å². The van der Waals surface area contributed by atoms with E-state index in [1.54, 1.807) is 6.07 Å². The number of alkyl halides is 2. The van der Waals surface area contributed by atoms with Crippen molar-refractivity contribution in [3.05, 3.63) is 53.6 Å². The molecule has 1 saturated heterocycles. The molecule has 160 valence electrons. The van der Waals surface area contributed by atoms with Crippen molar-refractivity contribution in [3.8, 4) is 0 Å². The van der Waals surface area contributed by atoms with Gasteiger partial charge in [-0.2, -0.15) is 0 Å². The lowest BCUT2D eigenvalue weighted by Crippen LogP contribution is -2.45. The summed E-state index contributed by atoms with van der Waals surface area (Å²) >= 11 is 0. The van der Waals surface area contributed by atoms with Gasteiger partial charge in [-0.3, -0.25) is 4.98 Å². The summed E-state index contributed by atoms with van der Waals surface area (Å²) in [5.74, 6) is -4.10. The van der Waals surface area contributed by atoms with Crippen LogP contribution in [0.2, 0.25) is 0 Å². The van der Waals surface area contributed by atoms with E-state index in [1.807, 2.05) is 9.91 Å². The molecule has 0 bridgehead atoms. The number of nitrogens with zero attached hydrogens (tertiary/aromatic N) is 3. The minimum Gasteiger partial charge on any atom is -0.478 e. The summed E-state index contributed by atoms with van der Waals surface area (Å²) in [5.41, 5.74) is 4.94. The number of anilines is 2. The molecule has 7 nitrogen and oxygen atoms in total. The monoisotopic (exact) mass is 421 g/mol. The number of carboxylic acid groups (broad SMARTS) is 1. The molecule has 0 spiro atoms. The van der Waals surface area contributed by atoms with E-state index in [-0.39, 0.29) is 18.4 Å². The van der Waals surface area contributed by atoms with Gasteiger partial charge in [0.15, 0.2) is 0 Å². The summed E-state index contributed by atoms with van der Waals surface area (Å²) in [6.45, 7) is 1.73. The van der Waals surface area contributed by atoms with E-state index in [0.717, 1.165) is 5.69 Å². The van der Waals surface area contributed by atoms with E-state index in [2.05, 4.69) is 15.7 Å². The first-order valence-corrected chi connectivity index (χ1v) is 9.70. The number of halogens is 3. The number of benzene rings is 1. The lowest BCUT2D eigenvalue weighted by atomic mass is 10.1. The van der Waals surface area contributed by atoms with Crippen LogP contribution in [0, 0.1) is 5.82 Å². The number of piperidine rings is 1. The van der Waals surface area contributed by atoms with Gasteiger partial charge in [-0.25, -0.2) is 23.4 Å². The van der Waals surface area contributed by atoms with Crippen molar-refractivity contribution in [3.63, 3.8) is 0 Å². The highest BCUT2D eigenvalue weighted by atomic mass is 19.3. The van der Waals surface area contributed by atoms with E-state index in [9.17, 15) is 23.1 Å². The van der Waals surface area contributed by atoms with Crippen LogP contribution in [0.1, 0.15) is 34.9 Å². The molecule has 30 heavy (non-hydrogen) atoms. The average molecular weight is 421 g/mol. The fourth-order valence-corrected chi connectivity index (χ4v) is 3.79. The van der Waals surface area contributed by atoms with Gasteiger partial charge in [-0.15, -0.1) is 0 Å². The number of hydrogen-bond donors (Lipinski definition) is 3. The highest BCUT2D eigenvalue weighted by molar-refractivity contribution is 5.94. The van der Waals surface area contributed by atoms with Crippen molar-refractivity contribution < 1.29 is 23.1 Å². The van der Waals surface area contributed by atoms with Crippen molar-refractivity contribution in [1.29, 1.82) is 0 Å². The zero-order valence-electron chi connectivity index (χ0n) is 16.1. The van der Waals surface area contributed by atoms with E-state index in [0.29, 0.717) is 37.4 Å². The Labute approximate surface area is 171 Å². The van der Waals surface area contributed by atoms with Crippen LogP contribution in [-0.2, 0) is 0 Å². The third-order valence-electron chi connectivity index (χ3n) is 5.46. The Morgan fingerprint density at radius 1 is 1.27 bits per heavy atom. The molecule has 0 aliphatic carbocycles. The first-order valence-electron chi connectivity index (χ1n) is 9.70. The van der Waals surface area contributed by atoms with Gasteiger partial charge in [-0.05, 0) is 24.3 Å². The van der Waals surface area contributed by atoms with Gasteiger partial charge >= 0.3 is 5.97 Å². The largest absolute Gasteiger partial charge is 0.478 e. The van der Waals surface area contributed by atoms with Crippen LogP contribution in [0.25, 0.3) is 0 Å². The number of likely N-dealkylation sites (tertiary alicyclic amines) is 1. The van der Waals surface area contributed by atoms with Crippen LogP contribution in [0.15, 0.2) is 36.7 Å². The number of nitrogens with one attached hydrogen (secondary N) is 2. The molecule has 1 aromatic heterocycles. The fourth-order valence-electron chi connectivity index (χ4n) is 3.79. The van der Waals surface area contributed by atoms with Crippen LogP contribution >= 0.6 is 0 Å². The van der Waals surface area contributed by atoms with Gasteiger partial charge in [0.2, 0.25) is 0 Å². The smallest absolute Gasteiger partial charge is 0.337 e. The Kier molecular flexibility index (Phi) is 5.52. The Bertz CT molecular complexity index is 932. The number of hydrazine groups is 1. The van der Waals surface area contributed by atoms with Crippen molar-refractivity contribution in [1.82, 2.24) is 15.3 Å². The number of aromatic carboxylic acids is 1. The third kappa shape index (κ3) is 4.34. The van der Waals surface area contributed by atoms with Crippen LogP contribution < -0.4 is 15.8 Å². The molecule has 0 saturated carbocycles. The maximum absolute atomic E-state index is 13.9. The van der Waals surface area contributed by atoms with Crippen molar-refractivity contribution in [2.75, 3.05) is 36.5 Å². The standard InChI is InChI=1S/C20H22F3N5O2/c21-13-1-2-17-15(11-13)18(25-16-12-24-6-3-14(16)19(29)30)26-28(17)10-9-27-7-4-20(22,23)5-8-27/h1-3,6,11-12,18,25-26H,4-5,7-10H2,(H,29,30). The lowest BCUT2D eigenvalue weighted by Gasteiger charge is -2.33. The first-order chi connectivity index (χ1) is 14.3. The van der Waals surface area contributed by atoms with Crippen molar-refractivity contribution in [2.45, 2.75) is 24.9 Å². The number of aromatic nitrogens is 1. The molecule has 0 radical (unpaired) electrons. The number of carbonyl (C=O) groups is 1. The van der Waals surface area contributed by atoms with E-state index in [4.69, 9.17) is 0 Å². The summed E-state index contributed by atoms with van der Waals surface area (Å²) in [6.07, 6.45) is 1.93. The van der Waals surface area contributed by atoms with Gasteiger partial charge in [0, 0.05) is 50.8 Å². The van der Waals surface area contributed by atoms with E-state index >= 15 is 0 Å². The molecular weight excluding hydrogens is 399 g/mol. The molecule has 2 aromatic rings. The Morgan fingerprint density at radius 2 is 2.03 bits per heavy atom. The quantitative estimate of drug-likeness (QED) is 0.661. The highest BCUT2D eigenvalue weighted by Gasteiger charge is 2.35. The molecule has 1 unspecified atom stereocenters. The summed E-state index contributed by atoms with van der Waals surface area (Å²) < 4.78 is 40.6. The number of fused-ring (bicyclic) bond motifs is 1. The molecule has 4 rings (SSSR count). The number of carboxylic acids is 1. The molecule has 0 amide bonds. The lowest BCUT2D eigenvalue weighted by molar-refractivity contribution is -0.0545. The summed E-state index contributed by atoms with van der Waals surface area (Å²) in [4.78, 5) is 17.4. The summed E-state index contributed by atoms with van der Waals surface area (Å²) in [7, 11) is 0. The molecule has 3 N–H and O–H groups in total. The van der Waals surface area contributed by atoms with Gasteiger partial charge in [0.05, 0.1) is 23.1 Å². The van der Waals surface area contributed by atoms with Crippen LogP contribution in [-0.4, -0.2) is 53.1 Å². The predicted octanol–water partition coefficient (Wildman–Crippen LogP) is 3.09. The fraction of sp³-hybridized carbons (Fsp3) is 0.400. The minimum absolute atomic E-state index is 0.0532. The topological polar surface area (TPSA) is 80.7 Å². The van der Waals surface area contributed by atoms with Gasteiger partial charge in [0.25, 0.3) is 5.92 Å². The normalized spacial score (nSPS) is 20.8. The molecule has 1 atom stereocenters. The summed E-state index contributed by atoms with van der Waals surface area (Å²) in [6, 6.07) is 5.77. The van der Waals surface area contributed by atoms with Crippen LogP contribution in [0.3, 0.4) is 0 Å². The molecule has 10 heteroatoms. The second-order valence-corrected chi connectivity index (χ2v) is 7.49. The molecule has 1 aromatic carbocycles. The Hall–Kier alpha value is -2.85. The minimum atomic E-state index is -2.59. The average Bonchev–Trinajstić information content (AvgIpc) is 3.04. The number of hydrogen-bond acceptors (Lipinski definition) is 6. The maximum atomic E-state index is 13.9. The Balaban J connectivity index is 1.48. The zero-order valence-corrected chi connectivity index (χ0v) is 16.1. The van der Waals surface area contributed by atoms with Gasteiger partial charge < -0.3 is 20.3 Å². The summed E-state index contributed by atoms with van der Waals surface area (Å²) in [5, 5.41) is 14.3. The molecule has 3 heterocycles. The molecular formula is C20H22F3N5O2. The molecule has 2 aliphatic heterocycles. The number of pyridine rings is 1. The Morgan fingerprint density at radius 3 is 2.77 bits per heavy atom. The first kappa shape index (κ1) is 20.4. The van der Waals surface area contributed by atoms with Crippen molar-refractivity contribution in [2.24, 2.45) is 0 Å². The van der Waals surface area contributed by atoms with E-state index in [1.165, 1.54) is 30.6 Å². The second kappa shape index (κ2) is 8.11. The van der Waals surface area contributed by atoms with Crippen molar-refractivity contribution >= 4 is 17.3 Å². The predicted molar refractivity (Wildman–Crippen MR) is 105 cm³/mol.